The van der Waals surface area contributed by atoms with Gasteiger partial charge in [-0.1, -0.05) is 30.4 Å². The first-order chi connectivity index (χ1) is 9.37. The molecule has 1 rings (SSSR count). The number of carbonyl (C=O) groups excluding carboxylic acids is 1. The molecule has 1 aromatic carbocycles. The summed E-state index contributed by atoms with van der Waals surface area (Å²) in [6.07, 6.45) is 6.66. The largest absolute Gasteiger partial charge is 0.481 e. The zero-order valence-electron chi connectivity index (χ0n) is 11.9. The Morgan fingerprint density at radius 1 is 1.15 bits per heavy atom. The normalized spacial score (nSPS) is 11.9. The molecule has 1 amide bonds. The van der Waals surface area contributed by atoms with Crippen molar-refractivity contribution in [2.75, 3.05) is 5.32 Å². The van der Waals surface area contributed by atoms with Gasteiger partial charge in [-0.3, -0.25) is 9.59 Å². The molecule has 106 valence electrons. The van der Waals surface area contributed by atoms with E-state index in [-0.39, 0.29) is 5.91 Å². The minimum absolute atomic E-state index is 0.228. The van der Waals surface area contributed by atoms with Gasteiger partial charge in [-0.05, 0) is 38.5 Å². The van der Waals surface area contributed by atoms with Gasteiger partial charge in [0.05, 0.1) is 5.41 Å². The Kier molecular flexibility index (Phi) is 5.26. The predicted molar refractivity (Wildman–Crippen MR) is 79.7 cm³/mol. The average molecular weight is 273 g/mol. The van der Waals surface area contributed by atoms with Crippen LogP contribution in [0.4, 0.5) is 5.69 Å². The zero-order chi connectivity index (χ0) is 15.2. The van der Waals surface area contributed by atoms with Crippen LogP contribution >= 0.6 is 0 Å². The van der Waals surface area contributed by atoms with Crippen molar-refractivity contribution in [1.82, 2.24) is 0 Å². The van der Waals surface area contributed by atoms with Gasteiger partial charge in [-0.15, -0.1) is 0 Å². The second-order valence-electron chi connectivity index (χ2n) is 4.88. The standard InChI is InChI=1S/C16H19NO3/c1-4-5-6-7-14(18)17-13-10-8-12(9-11-13)16(2,3)15(19)20/h4-11H,1-3H3,(H,17,18)(H,19,20)/b5-4+,7-6?. The van der Waals surface area contributed by atoms with Gasteiger partial charge in [0, 0.05) is 11.8 Å². The molecule has 0 radical (unpaired) electrons. The molecule has 1 aromatic rings. The number of aliphatic carboxylic acids is 1. The number of nitrogens with one attached hydrogen (secondary N) is 1. The molecule has 0 aromatic heterocycles. The minimum Gasteiger partial charge on any atom is -0.481 e. The summed E-state index contributed by atoms with van der Waals surface area (Å²) in [7, 11) is 0. The van der Waals surface area contributed by atoms with Crippen LogP contribution in [0.2, 0.25) is 0 Å². The number of hydrogen-bond donors (Lipinski definition) is 2. The molecular formula is C16H19NO3. The van der Waals surface area contributed by atoms with Crippen molar-refractivity contribution in [3.05, 3.63) is 54.1 Å². The first-order valence-corrected chi connectivity index (χ1v) is 6.32. The summed E-state index contributed by atoms with van der Waals surface area (Å²) in [5.41, 5.74) is 0.367. The van der Waals surface area contributed by atoms with E-state index in [1.807, 2.05) is 13.0 Å². The van der Waals surface area contributed by atoms with Crippen molar-refractivity contribution in [2.45, 2.75) is 26.2 Å². The molecule has 0 heterocycles. The molecule has 0 unspecified atom stereocenters. The van der Waals surface area contributed by atoms with E-state index >= 15 is 0 Å². The van der Waals surface area contributed by atoms with Crippen LogP contribution < -0.4 is 5.32 Å². The van der Waals surface area contributed by atoms with E-state index in [4.69, 9.17) is 5.11 Å². The number of benzene rings is 1. The smallest absolute Gasteiger partial charge is 0.313 e. The van der Waals surface area contributed by atoms with Crippen molar-refractivity contribution in [3.63, 3.8) is 0 Å². The number of anilines is 1. The molecule has 0 aliphatic carbocycles. The van der Waals surface area contributed by atoms with Gasteiger partial charge in [0.25, 0.3) is 0 Å². The number of carbonyl (C=O) groups is 2. The number of carboxylic acid groups (broad SMARTS) is 1. The van der Waals surface area contributed by atoms with Gasteiger partial charge in [0.1, 0.15) is 0 Å². The van der Waals surface area contributed by atoms with Gasteiger partial charge in [-0.25, -0.2) is 0 Å². The Morgan fingerprint density at radius 2 is 1.75 bits per heavy atom. The second-order valence-corrected chi connectivity index (χ2v) is 4.88. The predicted octanol–water partition coefficient (Wildman–Crippen LogP) is 3.12. The van der Waals surface area contributed by atoms with Gasteiger partial charge in [-0.2, -0.15) is 0 Å². The number of carboxylic acids is 1. The number of hydrogen-bond acceptors (Lipinski definition) is 2. The Bertz CT molecular complexity index is 539. The maximum absolute atomic E-state index is 11.6. The quantitative estimate of drug-likeness (QED) is 0.640. The van der Waals surface area contributed by atoms with E-state index < -0.39 is 11.4 Å². The SMILES string of the molecule is C/C=C/C=CC(=O)Nc1ccc(C(C)(C)C(=O)O)cc1. The fraction of sp³-hybridized carbons (Fsp3) is 0.250. The van der Waals surface area contributed by atoms with Crippen molar-refractivity contribution in [2.24, 2.45) is 0 Å². The Labute approximate surface area is 118 Å². The number of allylic oxidation sites excluding steroid dienone is 3. The Morgan fingerprint density at radius 3 is 2.25 bits per heavy atom. The van der Waals surface area contributed by atoms with Crippen LogP contribution in [0, 0.1) is 0 Å². The highest BCUT2D eigenvalue weighted by Crippen LogP contribution is 2.24. The fourth-order valence-electron chi connectivity index (χ4n) is 1.53. The number of rotatable bonds is 5. The molecule has 0 spiro atoms. The molecule has 0 saturated carbocycles. The van der Waals surface area contributed by atoms with Crippen LogP contribution in [0.25, 0.3) is 0 Å². The van der Waals surface area contributed by atoms with Crippen LogP contribution in [-0.4, -0.2) is 17.0 Å². The molecule has 4 nitrogen and oxygen atoms in total. The summed E-state index contributed by atoms with van der Waals surface area (Å²) in [6, 6.07) is 6.81. The van der Waals surface area contributed by atoms with Crippen molar-refractivity contribution < 1.29 is 14.7 Å². The topological polar surface area (TPSA) is 66.4 Å². The third-order valence-electron chi connectivity index (χ3n) is 2.96. The van der Waals surface area contributed by atoms with Crippen LogP contribution in [0.3, 0.4) is 0 Å². The monoisotopic (exact) mass is 273 g/mol. The van der Waals surface area contributed by atoms with Crippen LogP contribution in [0.5, 0.6) is 0 Å². The van der Waals surface area contributed by atoms with Gasteiger partial charge >= 0.3 is 5.97 Å². The van der Waals surface area contributed by atoms with Gasteiger partial charge in [0.2, 0.25) is 5.91 Å². The lowest BCUT2D eigenvalue weighted by Gasteiger charge is -2.19. The molecule has 0 saturated heterocycles. The molecule has 4 heteroatoms. The lowest BCUT2D eigenvalue weighted by molar-refractivity contribution is -0.142. The summed E-state index contributed by atoms with van der Waals surface area (Å²) in [5, 5.41) is 11.8. The van der Waals surface area contributed by atoms with Crippen molar-refractivity contribution >= 4 is 17.6 Å². The summed E-state index contributed by atoms with van der Waals surface area (Å²) in [4.78, 5) is 22.7. The van der Waals surface area contributed by atoms with E-state index in [1.54, 1.807) is 50.3 Å². The molecule has 0 atom stereocenters. The lowest BCUT2D eigenvalue weighted by atomic mass is 9.85. The van der Waals surface area contributed by atoms with Gasteiger partial charge < -0.3 is 10.4 Å². The average Bonchev–Trinajstić information content (AvgIpc) is 2.39. The first-order valence-electron chi connectivity index (χ1n) is 6.32. The highest BCUT2D eigenvalue weighted by atomic mass is 16.4. The summed E-state index contributed by atoms with van der Waals surface area (Å²) in [6.45, 7) is 5.15. The van der Waals surface area contributed by atoms with Crippen molar-refractivity contribution in [3.8, 4) is 0 Å². The molecule has 0 bridgehead atoms. The summed E-state index contributed by atoms with van der Waals surface area (Å²) < 4.78 is 0. The molecule has 0 fully saturated rings. The first kappa shape index (κ1) is 15.7. The highest BCUT2D eigenvalue weighted by Gasteiger charge is 2.29. The third kappa shape index (κ3) is 4.09. The van der Waals surface area contributed by atoms with E-state index in [2.05, 4.69) is 5.32 Å². The Hall–Kier alpha value is -2.36. The highest BCUT2D eigenvalue weighted by molar-refractivity contribution is 5.99. The zero-order valence-corrected chi connectivity index (χ0v) is 11.9. The maximum atomic E-state index is 11.6. The minimum atomic E-state index is -0.950. The van der Waals surface area contributed by atoms with E-state index in [1.165, 1.54) is 6.08 Å². The molecule has 20 heavy (non-hydrogen) atoms. The van der Waals surface area contributed by atoms with Crippen molar-refractivity contribution in [1.29, 1.82) is 0 Å². The van der Waals surface area contributed by atoms with Crippen LogP contribution in [0.1, 0.15) is 26.3 Å². The lowest BCUT2D eigenvalue weighted by Crippen LogP contribution is -2.28. The van der Waals surface area contributed by atoms with Gasteiger partial charge in [0.15, 0.2) is 0 Å². The maximum Gasteiger partial charge on any atom is 0.313 e. The molecule has 0 aliphatic heterocycles. The van der Waals surface area contributed by atoms with E-state index in [0.717, 1.165) is 0 Å². The third-order valence-corrected chi connectivity index (χ3v) is 2.96. The molecular weight excluding hydrogens is 254 g/mol. The fourth-order valence-corrected chi connectivity index (χ4v) is 1.53. The summed E-state index contributed by atoms with van der Waals surface area (Å²) in [5.74, 6) is -1.11. The second kappa shape index (κ2) is 6.70. The number of amides is 1. The van der Waals surface area contributed by atoms with Crippen LogP contribution in [-0.2, 0) is 15.0 Å². The summed E-state index contributed by atoms with van der Waals surface area (Å²) >= 11 is 0. The van der Waals surface area contributed by atoms with E-state index in [9.17, 15) is 9.59 Å². The van der Waals surface area contributed by atoms with E-state index in [0.29, 0.717) is 11.3 Å². The molecule has 2 N–H and O–H groups in total. The van der Waals surface area contributed by atoms with Crippen LogP contribution in [0.15, 0.2) is 48.6 Å². The Balaban J connectivity index is 2.77. The molecule has 0 aliphatic rings.